The van der Waals surface area contributed by atoms with E-state index in [4.69, 9.17) is 5.11 Å². The highest BCUT2D eigenvalue weighted by atomic mass is 32.2. The fraction of sp³-hybridized carbons (Fsp3) is 0.308. The lowest BCUT2D eigenvalue weighted by atomic mass is 10.1. The van der Waals surface area contributed by atoms with Crippen LogP contribution in [0.1, 0.15) is 18.1 Å². The van der Waals surface area contributed by atoms with E-state index in [-0.39, 0.29) is 13.2 Å². The Morgan fingerprint density at radius 3 is 2.71 bits per heavy atom. The maximum Gasteiger partial charge on any atom is 0.422 e. The zero-order valence-electron chi connectivity index (χ0n) is 11.6. The second-order valence-corrected chi connectivity index (χ2v) is 5.33. The molecule has 0 unspecified atom stereocenters. The number of aryl methyl sites for hydroxylation is 1. The number of carbonyl (C=O) groups excluding carboxylic acids is 1. The highest BCUT2D eigenvalue weighted by molar-refractivity contribution is 7.91. The molecule has 0 bridgehead atoms. The fourth-order valence-corrected chi connectivity index (χ4v) is 2.29. The first-order chi connectivity index (χ1) is 9.88. The fourth-order valence-electron chi connectivity index (χ4n) is 1.44. The van der Waals surface area contributed by atoms with Crippen LogP contribution < -0.4 is 9.44 Å². The van der Waals surface area contributed by atoms with Crippen LogP contribution in [0.15, 0.2) is 18.2 Å². The maximum absolute atomic E-state index is 11.7. The summed E-state index contributed by atoms with van der Waals surface area (Å²) in [5, 5.41) is 8.61. The highest BCUT2D eigenvalue weighted by Crippen LogP contribution is 2.17. The second kappa shape index (κ2) is 7.52. The van der Waals surface area contributed by atoms with Gasteiger partial charge >= 0.3 is 16.3 Å². The van der Waals surface area contributed by atoms with Gasteiger partial charge in [-0.1, -0.05) is 11.8 Å². The molecular weight excluding hydrogens is 296 g/mol. The normalized spacial score (nSPS) is 10.2. The minimum absolute atomic E-state index is 0.0681. The third kappa shape index (κ3) is 5.72. The molecule has 7 nitrogen and oxygen atoms in total. The summed E-state index contributed by atoms with van der Waals surface area (Å²) < 4.78 is 31.9. The van der Waals surface area contributed by atoms with E-state index in [2.05, 4.69) is 21.3 Å². The van der Waals surface area contributed by atoms with Crippen molar-refractivity contribution < 1.29 is 23.1 Å². The van der Waals surface area contributed by atoms with Crippen LogP contribution in [0.3, 0.4) is 0 Å². The van der Waals surface area contributed by atoms with Crippen LogP contribution >= 0.6 is 0 Å². The van der Waals surface area contributed by atoms with E-state index in [0.717, 1.165) is 0 Å². The molecule has 1 aromatic carbocycles. The van der Waals surface area contributed by atoms with Crippen LogP contribution in [0.5, 0.6) is 0 Å². The molecule has 3 N–H and O–H groups in total. The van der Waals surface area contributed by atoms with Gasteiger partial charge in [0.15, 0.2) is 0 Å². The number of hydrogen-bond donors (Lipinski definition) is 3. The number of ether oxygens (including phenoxy) is 1. The van der Waals surface area contributed by atoms with Crippen molar-refractivity contribution in [2.24, 2.45) is 0 Å². The summed E-state index contributed by atoms with van der Waals surface area (Å²) >= 11 is 0. The number of carbonyl (C=O) groups is 1. The zero-order valence-corrected chi connectivity index (χ0v) is 12.5. The van der Waals surface area contributed by atoms with Gasteiger partial charge in [-0.25, -0.2) is 9.52 Å². The first kappa shape index (κ1) is 16.8. The summed E-state index contributed by atoms with van der Waals surface area (Å²) in [5.41, 5.74) is 1.57. The molecule has 0 aliphatic heterocycles. The van der Waals surface area contributed by atoms with Gasteiger partial charge < -0.3 is 9.84 Å². The van der Waals surface area contributed by atoms with Gasteiger partial charge in [-0.3, -0.25) is 4.72 Å². The van der Waals surface area contributed by atoms with E-state index in [1.807, 2.05) is 0 Å². The summed E-state index contributed by atoms with van der Waals surface area (Å²) in [5.74, 6) is 5.20. The largest absolute Gasteiger partial charge is 0.449 e. The summed E-state index contributed by atoms with van der Waals surface area (Å²) in [4.78, 5) is 11.1. The molecule has 0 fully saturated rings. The van der Waals surface area contributed by atoms with E-state index in [9.17, 15) is 13.2 Å². The molecular formula is C13H16N2O5S. The number of anilines is 1. The molecule has 8 heteroatoms. The van der Waals surface area contributed by atoms with Crippen LogP contribution in [0.25, 0.3) is 0 Å². The lowest BCUT2D eigenvalue weighted by Gasteiger charge is -2.11. The topological polar surface area (TPSA) is 105 Å². The van der Waals surface area contributed by atoms with Gasteiger partial charge in [-0.2, -0.15) is 8.42 Å². The Morgan fingerprint density at radius 1 is 1.43 bits per heavy atom. The average Bonchev–Trinajstić information content (AvgIpc) is 2.38. The number of nitrogens with one attached hydrogen (secondary N) is 2. The van der Waals surface area contributed by atoms with Gasteiger partial charge in [0.2, 0.25) is 0 Å². The minimum atomic E-state index is -4.06. The van der Waals surface area contributed by atoms with E-state index < -0.39 is 16.3 Å². The number of aliphatic hydroxyl groups excluding tert-OH is 1. The van der Waals surface area contributed by atoms with E-state index in [1.54, 1.807) is 30.7 Å². The summed E-state index contributed by atoms with van der Waals surface area (Å²) in [7, 11) is -4.06. The van der Waals surface area contributed by atoms with Gasteiger partial charge in [-0.05, 0) is 37.6 Å². The molecule has 1 aromatic rings. The Kier molecular flexibility index (Phi) is 6.02. The number of amides is 1. The quantitative estimate of drug-likeness (QED) is 0.711. The first-order valence-electron chi connectivity index (χ1n) is 6.05. The van der Waals surface area contributed by atoms with Crippen molar-refractivity contribution in [2.75, 3.05) is 17.9 Å². The number of rotatable bonds is 4. The molecule has 0 heterocycles. The zero-order chi connectivity index (χ0) is 15.9. The van der Waals surface area contributed by atoms with Crippen LogP contribution in [0, 0.1) is 18.8 Å². The predicted octanol–water partition coefficient (Wildman–Crippen LogP) is 0.742. The van der Waals surface area contributed by atoms with Crippen molar-refractivity contribution in [1.29, 1.82) is 0 Å². The van der Waals surface area contributed by atoms with Crippen LogP contribution in [-0.2, 0) is 14.9 Å². The molecule has 0 spiro atoms. The predicted molar refractivity (Wildman–Crippen MR) is 77.8 cm³/mol. The molecule has 0 aliphatic carbocycles. The van der Waals surface area contributed by atoms with Gasteiger partial charge in [0, 0.05) is 5.56 Å². The average molecular weight is 312 g/mol. The third-order valence-electron chi connectivity index (χ3n) is 2.28. The molecule has 21 heavy (non-hydrogen) atoms. The van der Waals surface area contributed by atoms with Gasteiger partial charge in [0.25, 0.3) is 0 Å². The van der Waals surface area contributed by atoms with Gasteiger partial charge in [0.1, 0.15) is 6.61 Å². The van der Waals surface area contributed by atoms with Crippen molar-refractivity contribution in [3.63, 3.8) is 0 Å². The summed E-state index contributed by atoms with van der Waals surface area (Å²) in [6.07, 6.45) is -1.05. The summed E-state index contributed by atoms with van der Waals surface area (Å²) in [6, 6.07) is 4.77. The molecule has 0 saturated heterocycles. The van der Waals surface area contributed by atoms with Crippen molar-refractivity contribution in [1.82, 2.24) is 4.72 Å². The third-order valence-corrected chi connectivity index (χ3v) is 3.20. The van der Waals surface area contributed by atoms with Crippen LogP contribution in [0.2, 0.25) is 0 Å². The lowest BCUT2D eigenvalue weighted by Crippen LogP contribution is -2.35. The Labute approximate surface area is 123 Å². The lowest BCUT2D eigenvalue weighted by molar-refractivity contribution is 0.159. The molecule has 0 aromatic heterocycles. The van der Waals surface area contributed by atoms with Crippen molar-refractivity contribution in [2.45, 2.75) is 13.8 Å². The number of aliphatic hydroxyl groups is 1. The van der Waals surface area contributed by atoms with E-state index in [1.165, 1.54) is 6.07 Å². The maximum atomic E-state index is 11.7. The molecule has 0 saturated carbocycles. The second-order valence-electron chi connectivity index (χ2n) is 3.92. The van der Waals surface area contributed by atoms with Gasteiger partial charge in [-0.15, -0.1) is 0 Å². The standard InChI is InChI=1S/C13H16N2O5S/c1-3-20-13(17)15-21(18,19)14-12-7-6-11(5-4-8-16)9-10(12)2/h6-7,9,14,16H,3,8H2,1-2H3,(H,15,17). The molecule has 1 rings (SSSR count). The van der Waals surface area contributed by atoms with E-state index >= 15 is 0 Å². The van der Waals surface area contributed by atoms with Gasteiger partial charge in [0.05, 0.1) is 12.3 Å². The summed E-state index contributed by atoms with van der Waals surface area (Å²) in [6.45, 7) is 3.07. The SMILES string of the molecule is CCOC(=O)NS(=O)(=O)Nc1ccc(C#CCO)cc1C. The van der Waals surface area contributed by atoms with Crippen LogP contribution in [-0.4, -0.2) is 32.8 Å². The minimum Gasteiger partial charge on any atom is -0.449 e. The molecule has 0 aliphatic rings. The monoisotopic (exact) mass is 312 g/mol. The smallest absolute Gasteiger partial charge is 0.422 e. The molecule has 1 amide bonds. The Balaban J connectivity index is 2.85. The number of hydrogen-bond acceptors (Lipinski definition) is 5. The Hall–Kier alpha value is -2.24. The van der Waals surface area contributed by atoms with Crippen molar-refractivity contribution >= 4 is 22.0 Å². The van der Waals surface area contributed by atoms with Crippen molar-refractivity contribution in [3.8, 4) is 11.8 Å². The Morgan fingerprint density at radius 2 is 2.14 bits per heavy atom. The Bertz CT molecular complexity index is 674. The van der Waals surface area contributed by atoms with Crippen LogP contribution in [0.4, 0.5) is 10.5 Å². The van der Waals surface area contributed by atoms with Crippen molar-refractivity contribution in [3.05, 3.63) is 29.3 Å². The molecule has 0 atom stereocenters. The first-order valence-corrected chi connectivity index (χ1v) is 7.54. The highest BCUT2D eigenvalue weighted by Gasteiger charge is 2.15. The molecule has 114 valence electrons. The van der Waals surface area contributed by atoms with E-state index in [0.29, 0.717) is 16.8 Å². The number of benzene rings is 1. The molecule has 0 radical (unpaired) electrons.